The molecule has 1 aliphatic carbocycles. The zero-order valence-electron chi connectivity index (χ0n) is 12.6. The Balaban J connectivity index is 1.96. The first-order valence-corrected chi connectivity index (χ1v) is 7.20. The summed E-state index contributed by atoms with van der Waals surface area (Å²) >= 11 is 0. The molecule has 0 radical (unpaired) electrons. The number of nitro groups is 1. The van der Waals surface area contributed by atoms with E-state index in [1.165, 1.54) is 0 Å². The van der Waals surface area contributed by atoms with Gasteiger partial charge in [-0.05, 0) is 43.5 Å². The third kappa shape index (κ3) is 3.25. The van der Waals surface area contributed by atoms with Gasteiger partial charge >= 0.3 is 5.97 Å². The van der Waals surface area contributed by atoms with Gasteiger partial charge in [-0.25, -0.2) is 4.79 Å². The van der Waals surface area contributed by atoms with Gasteiger partial charge in [0, 0.05) is 24.7 Å². The van der Waals surface area contributed by atoms with E-state index in [1.54, 1.807) is 38.1 Å². The lowest BCUT2D eigenvalue weighted by atomic mass is 9.87. The Labute approximate surface area is 128 Å². The molecule has 6 nitrogen and oxygen atoms in total. The minimum absolute atomic E-state index is 0.0961. The van der Waals surface area contributed by atoms with Crippen molar-refractivity contribution in [1.82, 2.24) is 0 Å². The largest absolute Gasteiger partial charge is 0.459 e. The van der Waals surface area contributed by atoms with Crippen LogP contribution in [0, 0.1) is 27.4 Å². The Hall–Kier alpha value is -2.42. The number of carbonyl (C=O) groups excluding carboxylic acids is 1. The number of ether oxygens (including phenoxy) is 1. The normalized spacial score (nSPS) is 21.1. The second-order valence-electron chi connectivity index (χ2n) is 6.14. The van der Waals surface area contributed by atoms with Gasteiger partial charge in [-0.3, -0.25) is 10.1 Å². The van der Waals surface area contributed by atoms with Crippen LogP contribution in [-0.2, 0) is 4.74 Å². The molecule has 0 amide bonds. The number of carbonyl (C=O) groups is 1. The molecule has 1 saturated carbocycles. The second-order valence-corrected chi connectivity index (χ2v) is 6.14. The smallest absolute Gasteiger partial charge is 0.338 e. The Kier molecular flexibility index (Phi) is 4.45. The second kappa shape index (κ2) is 6.14. The third-order valence-electron chi connectivity index (χ3n) is 4.38. The molecule has 2 rings (SSSR count). The maximum atomic E-state index is 12.1. The molecule has 1 fully saturated rings. The molecule has 2 atom stereocenters. The van der Waals surface area contributed by atoms with E-state index in [4.69, 9.17) is 10.00 Å². The molecule has 0 saturated heterocycles. The van der Waals surface area contributed by atoms with Crippen molar-refractivity contribution >= 4 is 5.97 Å². The van der Waals surface area contributed by atoms with Crippen LogP contribution >= 0.6 is 0 Å². The predicted octanol–water partition coefficient (Wildman–Crippen LogP) is 2.94. The number of hydrogen-bond donors (Lipinski definition) is 0. The van der Waals surface area contributed by atoms with Crippen LogP contribution < -0.4 is 0 Å². The van der Waals surface area contributed by atoms with Gasteiger partial charge in [0.25, 0.3) is 0 Å². The molecule has 1 aromatic rings. The summed E-state index contributed by atoms with van der Waals surface area (Å²) in [5.74, 6) is -0.546. The zero-order chi connectivity index (χ0) is 16.3. The van der Waals surface area contributed by atoms with Crippen LogP contribution in [0.5, 0.6) is 0 Å². The van der Waals surface area contributed by atoms with E-state index in [0.29, 0.717) is 30.4 Å². The molecule has 1 aliphatic rings. The summed E-state index contributed by atoms with van der Waals surface area (Å²) in [5, 5.41) is 19.8. The van der Waals surface area contributed by atoms with Crippen molar-refractivity contribution in [2.75, 3.05) is 0 Å². The first-order chi connectivity index (χ1) is 10.3. The highest BCUT2D eigenvalue weighted by molar-refractivity contribution is 5.89. The molecule has 22 heavy (non-hydrogen) atoms. The lowest BCUT2D eigenvalue weighted by molar-refractivity contribution is -0.571. The summed E-state index contributed by atoms with van der Waals surface area (Å²) in [5.41, 5.74) is -0.142. The molecule has 0 aromatic heterocycles. The highest BCUT2D eigenvalue weighted by Gasteiger charge is 2.45. The summed E-state index contributed by atoms with van der Waals surface area (Å²) in [6, 6.07) is 8.20. The lowest BCUT2D eigenvalue weighted by Gasteiger charge is -2.22. The molecule has 0 aliphatic heterocycles. The van der Waals surface area contributed by atoms with E-state index in [2.05, 4.69) is 0 Å². The van der Waals surface area contributed by atoms with Crippen LogP contribution in [0.3, 0.4) is 0 Å². The maximum Gasteiger partial charge on any atom is 0.338 e. The van der Waals surface area contributed by atoms with Gasteiger partial charge in [-0.1, -0.05) is 0 Å². The predicted molar refractivity (Wildman–Crippen MR) is 78.8 cm³/mol. The molecule has 0 heterocycles. The molecule has 6 heteroatoms. The summed E-state index contributed by atoms with van der Waals surface area (Å²) in [7, 11) is 0. The van der Waals surface area contributed by atoms with E-state index in [0.717, 1.165) is 0 Å². The zero-order valence-corrected chi connectivity index (χ0v) is 12.6. The van der Waals surface area contributed by atoms with Crippen LogP contribution in [0.1, 0.15) is 49.0 Å². The minimum Gasteiger partial charge on any atom is -0.459 e. The average Bonchev–Trinajstić information content (AvgIpc) is 2.96. The molecular weight excluding hydrogens is 284 g/mol. The monoisotopic (exact) mass is 302 g/mol. The summed E-state index contributed by atoms with van der Waals surface area (Å²) in [4.78, 5) is 22.9. The van der Waals surface area contributed by atoms with Crippen molar-refractivity contribution in [3.05, 3.63) is 45.5 Å². The van der Waals surface area contributed by atoms with E-state index in [1.807, 2.05) is 6.07 Å². The third-order valence-corrected chi connectivity index (χ3v) is 4.38. The Morgan fingerprint density at radius 2 is 2.00 bits per heavy atom. The lowest BCUT2D eigenvalue weighted by Crippen LogP contribution is -2.38. The first-order valence-electron chi connectivity index (χ1n) is 7.20. The quantitative estimate of drug-likeness (QED) is 0.484. The standard InChI is InChI=1S/C16H18N2O4/c1-16(2,18(20)21)13-7-8-14(9-13)22-15(19)12-5-3-11(10-17)4-6-12/h3-6,13-14H,7-9H2,1-2H3/t13-,14+/m0/s1. The number of esters is 1. The molecule has 116 valence electrons. The fourth-order valence-corrected chi connectivity index (χ4v) is 2.74. The topological polar surface area (TPSA) is 93.2 Å². The number of benzene rings is 1. The van der Waals surface area contributed by atoms with Crippen LogP contribution in [0.2, 0.25) is 0 Å². The van der Waals surface area contributed by atoms with Gasteiger partial charge in [0.15, 0.2) is 0 Å². The fraction of sp³-hybridized carbons (Fsp3) is 0.500. The molecule has 0 N–H and O–H groups in total. The highest BCUT2D eigenvalue weighted by Crippen LogP contribution is 2.37. The molecule has 0 spiro atoms. The minimum atomic E-state index is -1.00. The Morgan fingerprint density at radius 1 is 1.36 bits per heavy atom. The van der Waals surface area contributed by atoms with Crippen LogP contribution in [0.4, 0.5) is 0 Å². The average molecular weight is 302 g/mol. The van der Waals surface area contributed by atoms with Gasteiger partial charge in [0.2, 0.25) is 5.54 Å². The van der Waals surface area contributed by atoms with Crippen molar-refractivity contribution in [1.29, 1.82) is 5.26 Å². The molecule has 0 bridgehead atoms. The van der Waals surface area contributed by atoms with Crippen LogP contribution in [-0.4, -0.2) is 22.5 Å². The van der Waals surface area contributed by atoms with Crippen molar-refractivity contribution in [3.63, 3.8) is 0 Å². The molecule has 1 aromatic carbocycles. The maximum absolute atomic E-state index is 12.1. The SMILES string of the molecule is CC(C)([C@H]1CC[C@@H](OC(=O)c2ccc(C#N)cc2)C1)[N+](=O)[O-]. The van der Waals surface area contributed by atoms with Crippen molar-refractivity contribution in [2.24, 2.45) is 5.92 Å². The summed E-state index contributed by atoms with van der Waals surface area (Å²) in [6.45, 7) is 3.23. The van der Waals surface area contributed by atoms with Gasteiger partial charge in [-0.15, -0.1) is 0 Å². The highest BCUT2D eigenvalue weighted by atomic mass is 16.6. The van der Waals surface area contributed by atoms with Gasteiger partial charge in [0.1, 0.15) is 6.10 Å². The van der Waals surface area contributed by atoms with Crippen LogP contribution in [0.15, 0.2) is 24.3 Å². The van der Waals surface area contributed by atoms with Crippen molar-refractivity contribution < 1.29 is 14.5 Å². The van der Waals surface area contributed by atoms with E-state index >= 15 is 0 Å². The van der Waals surface area contributed by atoms with Gasteiger partial charge < -0.3 is 4.74 Å². The van der Waals surface area contributed by atoms with E-state index < -0.39 is 11.5 Å². The number of nitriles is 1. The summed E-state index contributed by atoms with van der Waals surface area (Å²) < 4.78 is 5.43. The first kappa shape index (κ1) is 16.0. The Morgan fingerprint density at radius 3 is 2.55 bits per heavy atom. The van der Waals surface area contributed by atoms with E-state index in [9.17, 15) is 14.9 Å². The van der Waals surface area contributed by atoms with Crippen molar-refractivity contribution in [2.45, 2.75) is 44.8 Å². The fourth-order valence-electron chi connectivity index (χ4n) is 2.74. The Bertz CT molecular complexity index is 616. The van der Waals surface area contributed by atoms with E-state index in [-0.39, 0.29) is 16.9 Å². The van der Waals surface area contributed by atoms with Crippen LogP contribution in [0.25, 0.3) is 0 Å². The number of rotatable bonds is 4. The molecule has 0 unspecified atom stereocenters. The van der Waals surface area contributed by atoms with Gasteiger partial charge in [0.05, 0.1) is 17.2 Å². The van der Waals surface area contributed by atoms with Gasteiger partial charge in [-0.2, -0.15) is 5.26 Å². The molecular formula is C16H18N2O4. The summed E-state index contributed by atoms with van der Waals surface area (Å²) in [6.07, 6.45) is 1.55. The number of nitrogens with zero attached hydrogens (tertiary/aromatic N) is 2. The number of hydrogen-bond acceptors (Lipinski definition) is 5. The van der Waals surface area contributed by atoms with Crippen molar-refractivity contribution in [3.8, 4) is 6.07 Å².